The molecular weight excluding hydrogens is 334 g/mol. The van der Waals surface area contributed by atoms with Crippen LogP contribution in [-0.4, -0.2) is 39.6 Å². The van der Waals surface area contributed by atoms with E-state index in [2.05, 4.69) is 0 Å². The third-order valence-electron chi connectivity index (χ3n) is 3.54. The highest BCUT2D eigenvalue weighted by atomic mass is 16.6. The molecule has 0 spiro atoms. The van der Waals surface area contributed by atoms with E-state index in [1.807, 2.05) is 13.8 Å². The van der Waals surface area contributed by atoms with Crippen LogP contribution in [0.1, 0.15) is 88.0 Å². The highest BCUT2D eigenvalue weighted by Crippen LogP contribution is 2.25. The van der Waals surface area contributed by atoms with E-state index < -0.39 is 16.7 Å². The van der Waals surface area contributed by atoms with Gasteiger partial charge in [0.1, 0.15) is 11.2 Å². The zero-order chi connectivity index (χ0) is 20.8. The van der Waals surface area contributed by atoms with Gasteiger partial charge in [-0.1, -0.05) is 13.8 Å². The van der Waals surface area contributed by atoms with E-state index in [4.69, 9.17) is 9.47 Å². The summed E-state index contributed by atoms with van der Waals surface area (Å²) in [4.78, 5) is 24.1. The number of hydroxylamine groups is 1. The first-order valence-electron chi connectivity index (χ1n) is 9.29. The summed E-state index contributed by atoms with van der Waals surface area (Å²) in [6.45, 7) is 16.4. The van der Waals surface area contributed by atoms with E-state index in [9.17, 15) is 14.8 Å². The molecule has 0 saturated heterocycles. The van der Waals surface area contributed by atoms with Crippen LogP contribution in [0.3, 0.4) is 0 Å². The minimum atomic E-state index is -0.877. The van der Waals surface area contributed by atoms with E-state index in [-0.39, 0.29) is 30.7 Å². The number of carbonyl (C=O) groups excluding carboxylic acids is 2. The van der Waals surface area contributed by atoms with Gasteiger partial charge in [0.2, 0.25) is 0 Å². The molecule has 0 aliphatic rings. The fraction of sp³-hybridized carbons (Fsp3) is 0.850. The minimum Gasteiger partial charge on any atom is -0.624 e. The Morgan fingerprint density at radius 2 is 1.23 bits per heavy atom. The van der Waals surface area contributed by atoms with Crippen LogP contribution in [0.5, 0.6) is 0 Å². The van der Waals surface area contributed by atoms with Crippen LogP contribution < -0.4 is 0 Å². The molecule has 0 aromatic carbocycles. The SMILES string of the molecule is CC(C)/C=[N+](\[O-])C(C)(CCC(=O)OC(C)(C)C)CCC(=O)OC(C)(C)C. The summed E-state index contributed by atoms with van der Waals surface area (Å²) >= 11 is 0. The third-order valence-corrected chi connectivity index (χ3v) is 3.54. The zero-order valence-electron chi connectivity index (χ0n) is 18.0. The molecule has 152 valence electrons. The maximum Gasteiger partial charge on any atom is 0.306 e. The van der Waals surface area contributed by atoms with Crippen molar-refractivity contribution in [1.29, 1.82) is 0 Å². The Kier molecular flexibility index (Phi) is 8.80. The Bertz CT molecular complexity index is 477. The van der Waals surface area contributed by atoms with Crippen molar-refractivity contribution in [2.24, 2.45) is 5.92 Å². The first kappa shape index (κ1) is 24.4. The highest BCUT2D eigenvalue weighted by Gasteiger charge is 2.35. The van der Waals surface area contributed by atoms with Gasteiger partial charge in [-0.15, -0.1) is 0 Å². The Balaban J connectivity index is 5.08. The second kappa shape index (κ2) is 9.38. The molecule has 0 N–H and O–H groups in total. The maximum absolute atomic E-state index is 12.6. The van der Waals surface area contributed by atoms with Gasteiger partial charge in [-0.25, -0.2) is 4.74 Å². The number of carbonyl (C=O) groups is 2. The summed E-state index contributed by atoms with van der Waals surface area (Å²) < 4.78 is 11.5. The van der Waals surface area contributed by atoms with E-state index in [1.54, 1.807) is 54.7 Å². The fourth-order valence-electron chi connectivity index (χ4n) is 2.32. The largest absolute Gasteiger partial charge is 0.624 e. The number of hydrogen-bond acceptors (Lipinski definition) is 5. The minimum absolute atomic E-state index is 0.0647. The fourth-order valence-corrected chi connectivity index (χ4v) is 2.32. The molecule has 0 rings (SSSR count). The highest BCUT2D eigenvalue weighted by molar-refractivity contribution is 5.70. The molecule has 0 aromatic rings. The lowest BCUT2D eigenvalue weighted by Gasteiger charge is -2.29. The summed E-state index contributed by atoms with van der Waals surface area (Å²) in [6.07, 6.45) is 2.42. The molecule has 0 heterocycles. The number of ether oxygens (including phenoxy) is 2. The molecule has 0 bridgehead atoms. The van der Waals surface area contributed by atoms with Gasteiger partial charge >= 0.3 is 11.9 Å². The monoisotopic (exact) mass is 371 g/mol. The molecule has 0 amide bonds. The van der Waals surface area contributed by atoms with Crippen LogP contribution >= 0.6 is 0 Å². The second-order valence-electron chi connectivity index (χ2n) is 9.39. The van der Waals surface area contributed by atoms with Crippen molar-refractivity contribution >= 4 is 18.2 Å². The zero-order valence-corrected chi connectivity index (χ0v) is 18.0. The van der Waals surface area contributed by atoms with Gasteiger partial charge in [0, 0.05) is 25.7 Å². The number of esters is 2. The average Bonchev–Trinajstić information content (AvgIpc) is 2.38. The first-order valence-corrected chi connectivity index (χ1v) is 9.29. The predicted molar refractivity (Wildman–Crippen MR) is 103 cm³/mol. The molecule has 0 fully saturated rings. The van der Waals surface area contributed by atoms with Crippen molar-refractivity contribution < 1.29 is 23.8 Å². The smallest absolute Gasteiger partial charge is 0.306 e. The van der Waals surface area contributed by atoms with Crippen LogP contribution in [0.25, 0.3) is 0 Å². The number of rotatable bonds is 8. The van der Waals surface area contributed by atoms with E-state index in [1.165, 1.54) is 0 Å². The number of hydrogen-bond donors (Lipinski definition) is 0. The molecule has 0 aromatic heterocycles. The van der Waals surface area contributed by atoms with Crippen LogP contribution in [0, 0.1) is 11.1 Å². The second-order valence-corrected chi connectivity index (χ2v) is 9.39. The summed E-state index contributed by atoms with van der Waals surface area (Å²) in [5, 5.41) is 12.6. The molecule has 0 saturated carbocycles. The summed E-state index contributed by atoms with van der Waals surface area (Å²) in [5.41, 5.74) is -2.01. The molecular formula is C20H37NO5. The number of nitrogens with zero attached hydrogens (tertiary/aromatic N) is 1. The van der Waals surface area contributed by atoms with Gasteiger partial charge in [0.05, 0.1) is 12.8 Å². The van der Waals surface area contributed by atoms with Crippen molar-refractivity contribution in [2.45, 2.75) is 105 Å². The Morgan fingerprint density at radius 1 is 0.885 bits per heavy atom. The molecule has 6 nitrogen and oxygen atoms in total. The lowest BCUT2D eigenvalue weighted by molar-refractivity contribution is -0.545. The van der Waals surface area contributed by atoms with Crippen LogP contribution in [0.4, 0.5) is 0 Å². The maximum atomic E-state index is 12.6. The van der Waals surface area contributed by atoms with E-state index in [0.717, 1.165) is 4.74 Å². The van der Waals surface area contributed by atoms with Crippen molar-refractivity contribution in [2.75, 3.05) is 0 Å². The van der Waals surface area contributed by atoms with Gasteiger partial charge in [-0.2, -0.15) is 0 Å². The Morgan fingerprint density at radius 3 is 1.50 bits per heavy atom. The van der Waals surface area contributed by atoms with Gasteiger partial charge < -0.3 is 14.7 Å². The molecule has 0 atom stereocenters. The van der Waals surface area contributed by atoms with E-state index >= 15 is 0 Å². The standard InChI is InChI=1S/C20H37NO5/c1-15(2)14-21(24)20(9,12-10-16(22)25-18(3,4)5)13-11-17(23)26-19(6,7)8/h14-15H,10-13H2,1-9H3/b21-14-. The van der Waals surface area contributed by atoms with Crippen molar-refractivity contribution in [3.8, 4) is 0 Å². The summed E-state index contributed by atoms with van der Waals surface area (Å²) in [5.74, 6) is -0.632. The van der Waals surface area contributed by atoms with E-state index in [0.29, 0.717) is 12.8 Å². The molecule has 6 heteroatoms. The predicted octanol–water partition coefficient (Wildman–Crippen LogP) is 4.23. The van der Waals surface area contributed by atoms with Crippen molar-refractivity contribution in [3.05, 3.63) is 5.21 Å². The molecule has 0 radical (unpaired) electrons. The van der Waals surface area contributed by atoms with Crippen molar-refractivity contribution in [3.63, 3.8) is 0 Å². The Labute approximate surface area is 158 Å². The topological polar surface area (TPSA) is 78.7 Å². The third kappa shape index (κ3) is 11.1. The van der Waals surface area contributed by atoms with Gasteiger partial charge in [-0.05, 0) is 41.5 Å². The lowest BCUT2D eigenvalue weighted by atomic mass is 9.90. The van der Waals surface area contributed by atoms with Gasteiger partial charge in [-0.3, -0.25) is 9.59 Å². The lowest BCUT2D eigenvalue weighted by Crippen LogP contribution is -2.39. The van der Waals surface area contributed by atoms with Crippen LogP contribution in [0.2, 0.25) is 0 Å². The molecule has 0 aliphatic heterocycles. The van der Waals surface area contributed by atoms with Gasteiger partial charge in [0.25, 0.3) is 0 Å². The summed E-state index contributed by atoms with van der Waals surface area (Å²) in [6, 6.07) is 0. The average molecular weight is 372 g/mol. The van der Waals surface area contributed by atoms with Crippen LogP contribution in [0.15, 0.2) is 0 Å². The normalized spacial score (nSPS) is 13.7. The van der Waals surface area contributed by atoms with Crippen LogP contribution in [-0.2, 0) is 19.1 Å². The summed E-state index contributed by atoms with van der Waals surface area (Å²) in [7, 11) is 0. The van der Waals surface area contributed by atoms with Gasteiger partial charge in [0.15, 0.2) is 11.8 Å². The quantitative estimate of drug-likeness (QED) is 0.210. The van der Waals surface area contributed by atoms with Crippen molar-refractivity contribution in [1.82, 2.24) is 0 Å². The molecule has 0 aliphatic carbocycles. The molecule has 26 heavy (non-hydrogen) atoms. The first-order chi connectivity index (χ1) is 11.5. The molecule has 0 unspecified atom stereocenters. The Hall–Kier alpha value is -1.59.